The first-order valence-electron chi connectivity index (χ1n) is 10.1. The monoisotopic (exact) mass is 421 g/mol. The molecule has 1 aromatic heterocycles. The minimum Gasteiger partial charge on any atom is -0.362 e. The molecule has 0 spiro atoms. The van der Waals surface area contributed by atoms with E-state index in [1.54, 1.807) is 12.1 Å². The lowest BCUT2D eigenvalue weighted by Crippen LogP contribution is -2.37. The zero-order chi connectivity index (χ0) is 21.4. The molecular formula is C24H24ClN3O2. The van der Waals surface area contributed by atoms with Crippen LogP contribution in [-0.2, 0) is 9.59 Å². The number of amides is 1. The maximum absolute atomic E-state index is 13.4. The summed E-state index contributed by atoms with van der Waals surface area (Å²) >= 11 is 6.27. The van der Waals surface area contributed by atoms with Gasteiger partial charge in [-0.2, -0.15) is 0 Å². The molecule has 1 amide bonds. The average Bonchev–Trinajstić information content (AvgIpc) is 2.66. The molecule has 4 rings (SSSR count). The molecular weight excluding hydrogens is 398 g/mol. The first kappa shape index (κ1) is 20.4. The summed E-state index contributed by atoms with van der Waals surface area (Å²) < 4.78 is 0. The molecule has 0 radical (unpaired) electrons. The third kappa shape index (κ3) is 3.90. The molecule has 154 valence electrons. The summed E-state index contributed by atoms with van der Waals surface area (Å²) in [6, 6.07) is 12.9. The Morgan fingerprint density at radius 3 is 2.67 bits per heavy atom. The third-order valence-corrected chi connectivity index (χ3v) is 5.82. The van der Waals surface area contributed by atoms with Crippen LogP contribution < -0.4 is 10.6 Å². The Balaban J connectivity index is 1.80. The minimum absolute atomic E-state index is 0.0766. The number of aryl methyl sites for hydroxylation is 1. The number of dihydropyridines is 1. The smallest absolute Gasteiger partial charge is 0.255 e. The van der Waals surface area contributed by atoms with Crippen LogP contribution in [0.5, 0.6) is 0 Å². The summed E-state index contributed by atoms with van der Waals surface area (Å²) in [5.74, 6) is 0.0791. The highest BCUT2D eigenvalue weighted by Crippen LogP contribution is 2.43. The van der Waals surface area contributed by atoms with E-state index in [1.165, 1.54) is 0 Å². The zero-order valence-corrected chi connectivity index (χ0v) is 18.0. The Bertz CT molecular complexity index is 1100. The molecule has 0 saturated carbocycles. The van der Waals surface area contributed by atoms with Gasteiger partial charge in [-0.25, -0.2) is 4.98 Å². The largest absolute Gasteiger partial charge is 0.362 e. The van der Waals surface area contributed by atoms with E-state index in [1.807, 2.05) is 44.2 Å². The van der Waals surface area contributed by atoms with Gasteiger partial charge in [0.25, 0.3) is 5.91 Å². The van der Waals surface area contributed by atoms with Crippen LogP contribution in [0.4, 0.5) is 5.82 Å². The lowest BCUT2D eigenvalue weighted by molar-refractivity contribution is -0.117. The lowest BCUT2D eigenvalue weighted by Gasteiger charge is -2.36. The van der Waals surface area contributed by atoms with Crippen molar-refractivity contribution in [3.63, 3.8) is 0 Å². The topological polar surface area (TPSA) is 71.1 Å². The number of halogens is 1. The first-order chi connectivity index (χ1) is 14.3. The molecule has 0 bridgehead atoms. The summed E-state index contributed by atoms with van der Waals surface area (Å²) in [6.07, 6.45) is 1.26. The maximum Gasteiger partial charge on any atom is 0.255 e. The van der Waals surface area contributed by atoms with E-state index in [2.05, 4.69) is 22.5 Å². The fraction of sp³-hybridized carbons (Fsp3) is 0.292. The Morgan fingerprint density at radius 1 is 1.17 bits per heavy atom. The number of rotatable bonds is 3. The highest BCUT2D eigenvalue weighted by atomic mass is 35.5. The Kier molecular flexibility index (Phi) is 5.48. The summed E-state index contributed by atoms with van der Waals surface area (Å²) in [6.45, 7) is 5.82. The number of carbonyl (C=O) groups is 2. The number of benzene rings is 1. The second-order valence-corrected chi connectivity index (χ2v) is 8.54. The standard InChI is InChI=1S/C24H24ClN3O2/c1-13-10-18-23(19(29)11-13)22(16-7-5-8-17(25)12-16)21(15(3)27-18)24(30)28-20-9-4-6-14(2)26-20/h4-9,12-13,22,27H,10-11H2,1-3H3,(H,26,28,30). The van der Waals surface area contributed by atoms with Gasteiger partial charge in [-0.1, -0.05) is 36.7 Å². The quantitative estimate of drug-likeness (QED) is 0.739. The molecule has 2 heterocycles. The number of carbonyl (C=O) groups excluding carboxylic acids is 2. The van der Waals surface area contributed by atoms with Crippen LogP contribution in [-0.4, -0.2) is 16.7 Å². The van der Waals surface area contributed by atoms with E-state index in [4.69, 9.17) is 11.6 Å². The van der Waals surface area contributed by atoms with Gasteiger partial charge in [0, 0.05) is 45.6 Å². The molecule has 2 atom stereocenters. The number of nitrogens with one attached hydrogen (secondary N) is 2. The highest BCUT2D eigenvalue weighted by Gasteiger charge is 2.39. The van der Waals surface area contributed by atoms with Crippen LogP contribution in [0.1, 0.15) is 43.9 Å². The molecule has 2 unspecified atom stereocenters. The Hall–Kier alpha value is -2.92. The zero-order valence-electron chi connectivity index (χ0n) is 17.3. The Morgan fingerprint density at radius 2 is 1.93 bits per heavy atom. The van der Waals surface area contributed by atoms with Gasteiger partial charge in [0.15, 0.2) is 5.78 Å². The van der Waals surface area contributed by atoms with Gasteiger partial charge < -0.3 is 10.6 Å². The minimum atomic E-state index is -0.468. The van der Waals surface area contributed by atoms with E-state index in [-0.39, 0.29) is 17.6 Å². The van der Waals surface area contributed by atoms with Gasteiger partial charge in [-0.3, -0.25) is 9.59 Å². The van der Waals surface area contributed by atoms with Crippen molar-refractivity contribution >= 4 is 29.1 Å². The van der Waals surface area contributed by atoms with E-state index in [9.17, 15) is 9.59 Å². The molecule has 1 aliphatic heterocycles. The summed E-state index contributed by atoms with van der Waals surface area (Å²) in [7, 11) is 0. The third-order valence-electron chi connectivity index (χ3n) is 5.59. The first-order valence-corrected chi connectivity index (χ1v) is 10.5. The van der Waals surface area contributed by atoms with E-state index in [0.717, 1.165) is 29.1 Å². The van der Waals surface area contributed by atoms with Crippen molar-refractivity contribution in [1.82, 2.24) is 10.3 Å². The maximum atomic E-state index is 13.4. The summed E-state index contributed by atoms with van der Waals surface area (Å²) in [5.41, 5.74) is 4.48. The van der Waals surface area contributed by atoms with Crippen LogP contribution in [0, 0.1) is 12.8 Å². The number of Topliss-reactive ketones (excluding diaryl/α,β-unsaturated/α-hetero) is 1. The molecule has 1 aliphatic carbocycles. The van der Waals surface area contributed by atoms with Gasteiger partial charge in [0.1, 0.15) is 5.82 Å². The van der Waals surface area contributed by atoms with Crippen molar-refractivity contribution < 1.29 is 9.59 Å². The number of hydrogen-bond acceptors (Lipinski definition) is 4. The SMILES string of the molecule is CC1=C(C(=O)Nc2cccc(C)n2)C(c2cccc(Cl)c2)C2=C(CC(C)CC2=O)N1. The second-order valence-electron chi connectivity index (χ2n) is 8.10. The number of aromatic nitrogens is 1. The average molecular weight is 422 g/mol. The van der Waals surface area contributed by atoms with E-state index < -0.39 is 5.92 Å². The number of pyridine rings is 1. The number of hydrogen-bond donors (Lipinski definition) is 2. The molecule has 2 aromatic rings. The van der Waals surface area contributed by atoms with E-state index in [0.29, 0.717) is 28.4 Å². The molecule has 5 nitrogen and oxygen atoms in total. The van der Waals surface area contributed by atoms with Gasteiger partial charge >= 0.3 is 0 Å². The number of anilines is 1. The normalized spacial score (nSPS) is 21.3. The molecule has 0 fully saturated rings. The van der Waals surface area contributed by atoms with Gasteiger partial charge in [0.2, 0.25) is 0 Å². The summed E-state index contributed by atoms with van der Waals surface area (Å²) in [5, 5.41) is 6.82. The van der Waals surface area contributed by atoms with Gasteiger partial charge in [-0.15, -0.1) is 0 Å². The van der Waals surface area contributed by atoms with Crippen LogP contribution in [0.15, 0.2) is 65.0 Å². The molecule has 2 aliphatic rings. The highest BCUT2D eigenvalue weighted by molar-refractivity contribution is 6.30. The van der Waals surface area contributed by atoms with Gasteiger partial charge in [-0.05, 0) is 56.0 Å². The fourth-order valence-electron chi connectivity index (χ4n) is 4.35. The van der Waals surface area contributed by atoms with Crippen molar-refractivity contribution in [3.05, 3.63) is 81.3 Å². The van der Waals surface area contributed by atoms with Crippen molar-refractivity contribution in [3.8, 4) is 0 Å². The van der Waals surface area contributed by atoms with Crippen LogP contribution >= 0.6 is 11.6 Å². The van der Waals surface area contributed by atoms with E-state index >= 15 is 0 Å². The van der Waals surface area contributed by atoms with Crippen LogP contribution in [0.25, 0.3) is 0 Å². The molecule has 30 heavy (non-hydrogen) atoms. The predicted octanol–water partition coefficient (Wildman–Crippen LogP) is 4.90. The molecule has 0 saturated heterocycles. The number of ketones is 1. The van der Waals surface area contributed by atoms with Gasteiger partial charge in [0.05, 0.1) is 0 Å². The van der Waals surface area contributed by atoms with Crippen molar-refractivity contribution in [2.45, 2.75) is 39.5 Å². The Labute approximate surface area is 181 Å². The number of allylic oxidation sites excluding steroid dienone is 3. The molecule has 1 aromatic carbocycles. The van der Waals surface area contributed by atoms with Crippen molar-refractivity contribution in [2.24, 2.45) is 5.92 Å². The second kappa shape index (κ2) is 8.07. The molecule has 6 heteroatoms. The van der Waals surface area contributed by atoms with Crippen LogP contribution in [0.2, 0.25) is 5.02 Å². The van der Waals surface area contributed by atoms with Crippen molar-refractivity contribution in [2.75, 3.05) is 5.32 Å². The summed E-state index contributed by atoms with van der Waals surface area (Å²) in [4.78, 5) is 30.9. The lowest BCUT2D eigenvalue weighted by atomic mass is 9.73. The van der Waals surface area contributed by atoms with Crippen LogP contribution in [0.3, 0.4) is 0 Å². The fourth-order valence-corrected chi connectivity index (χ4v) is 4.55. The van der Waals surface area contributed by atoms with Crippen molar-refractivity contribution in [1.29, 1.82) is 0 Å². The predicted molar refractivity (Wildman–Crippen MR) is 118 cm³/mol. The number of nitrogens with zero attached hydrogens (tertiary/aromatic N) is 1. The molecule has 2 N–H and O–H groups in total.